The van der Waals surface area contributed by atoms with Crippen LogP contribution in [0.2, 0.25) is 0 Å². The number of benzene rings is 1. The second-order valence-corrected chi connectivity index (χ2v) is 4.89. The van der Waals surface area contributed by atoms with E-state index in [1.807, 2.05) is 0 Å². The molecule has 5 nitrogen and oxygen atoms in total. The van der Waals surface area contributed by atoms with E-state index in [0.717, 1.165) is 0 Å². The Labute approximate surface area is 105 Å². The van der Waals surface area contributed by atoms with Crippen LogP contribution in [0.3, 0.4) is 0 Å². The fraction of sp³-hybridized carbons (Fsp3) is 0. The Bertz CT molecular complexity index is 628. The second kappa shape index (κ2) is 4.46. The minimum absolute atomic E-state index is 0.131. The number of rotatable bonds is 3. The molecule has 8 heteroatoms. The van der Waals surface area contributed by atoms with Crippen LogP contribution in [0.25, 0.3) is 11.3 Å². The summed E-state index contributed by atoms with van der Waals surface area (Å²) in [6.07, 6.45) is 1.61. The van der Waals surface area contributed by atoms with Gasteiger partial charge in [-0.1, -0.05) is 9.95 Å². The molecule has 0 aliphatic heterocycles. The molecule has 0 aliphatic rings. The van der Waals surface area contributed by atoms with Crippen LogP contribution >= 0.6 is 15.9 Å². The molecule has 0 radical (unpaired) electrons. The Balaban J connectivity index is 2.43. The molecule has 0 unspecified atom stereocenters. The third-order valence-electron chi connectivity index (χ3n) is 1.92. The number of aromatic amines is 1. The summed E-state index contributed by atoms with van der Waals surface area (Å²) in [6, 6.07) is 6.30. The van der Waals surface area contributed by atoms with Crippen LogP contribution in [0.15, 0.2) is 34.9 Å². The van der Waals surface area contributed by atoms with Crippen LogP contribution in [0.4, 0.5) is 3.89 Å². The van der Waals surface area contributed by atoms with Crippen molar-refractivity contribution in [1.29, 1.82) is 0 Å². The number of hydrogen-bond acceptors (Lipinski definition) is 4. The van der Waals surface area contributed by atoms with Gasteiger partial charge in [-0.15, -0.1) is 0 Å². The van der Waals surface area contributed by atoms with Gasteiger partial charge in [-0.2, -0.15) is 13.5 Å². The number of nitrogens with one attached hydrogen (secondary N) is 1. The predicted octanol–water partition coefficient (Wildman–Crippen LogP) is 2.43. The quantitative estimate of drug-likeness (QED) is 0.882. The summed E-state index contributed by atoms with van der Waals surface area (Å²) in [6.45, 7) is 0. The zero-order chi connectivity index (χ0) is 12.5. The van der Waals surface area contributed by atoms with Crippen molar-refractivity contribution in [3.05, 3.63) is 34.9 Å². The van der Waals surface area contributed by atoms with Crippen LogP contribution in [0.5, 0.6) is 5.75 Å². The highest BCUT2D eigenvalue weighted by Gasteiger charge is 2.14. The SMILES string of the molecule is O=S(=O)(F)Oc1cc(-c2cc[nH]n2)ccc1Br. The van der Waals surface area contributed by atoms with Gasteiger partial charge in [0, 0.05) is 11.8 Å². The Morgan fingerprint density at radius 1 is 1.35 bits per heavy atom. The summed E-state index contributed by atoms with van der Waals surface area (Å²) in [4.78, 5) is 0. The molecule has 1 aromatic carbocycles. The third kappa shape index (κ3) is 3.04. The molecule has 90 valence electrons. The van der Waals surface area contributed by atoms with Gasteiger partial charge in [-0.05, 0) is 34.1 Å². The lowest BCUT2D eigenvalue weighted by Crippen LogP contribution is -2.01. The fourth-order valence-corrected chi connectivity index (χ4v) is 2.04. The van der Waals surface area contributed by atoms with E-state index >= 15 is 0 Å². The average molecular weight is 321 g/mol. The number of nitrogens with zero attached hydrogens (tertiary/aromatic N) is 1. The van der Waals surface area contributed by atoms with E-state index in [9.17, 15) is 12.3 Å². The molecular weight excluding hydrogens is 315 g/mol. The maximum atomic E-state index is 12.4. The van der Waals surface area contributed by atoms with Gasteiger partial charge < -0.3 is 4.18 Å². The molecular formula is C9H6BrFN2O3S. The molecule has 0 saturated heterocycles. The number of hydrogen-bond donors (Lipinski definition) is 1. The Morgan fingerprint density at radius 2 is 2.12 bits per heavy atom. The molecule has 1 heterocycles. The molecule has 1 N–H and O–H groups in total. The van der Waals surface area contributed by atoms with E-state index in [1.165, 1.54) is 6.07 Å². The van der Waals surface area contributed by atoms with Crippen LogP contribution in [-0.2, 0) is 10.5 Å². The van der Waals surface area contributed by atoms with Crippen molar-refractivity contribution in [2.45, 2.75) is 0 Å². The van der Waals surface area contributed by atoms with E-state index in [1.54, 1.807) is 24.4 Å². The topological polar surface area (TPSA) is 72.1 Å². The minimum Gasteiger partial charge on any atom is -0.357 e. The molecule has 0 bridgehead atoms. The van der Waals surface area contributed by atoms with E-state index in [0.29, 0.717) is 15.7 Å². The first-order chi connectivity index (χ1) is 7.96. The van der Waals surface area contributed by atoms with Crippen LogP contribution in [-0.4, -0.2) is 18.6 Å². The second-order valence-electron chi connectivity index (χ2n) is 3.08. The lowest BCUT2D eigenvalue weighted by molar-refractivity contribution is 0.439. The van der Waals surface area contributed by atoms with Gasteiger partial charge in [0.25, 0.3) is 0 Å². The average Bonchev–Trinajstić information content (AvgIpc) is 2.72. The van der Waals surface area contributed by atoms with Gasteiger partial charge in [0.05, 0.1) is 10.2 Å². The summed E-state index contributed by atoms with van der Waals surface area (Å²) in [5, 5.41) is 6.53. The molecule has 2 rings (SSSR count). The monoisotopic (exact) mass is 320 g/mol. The van der Waals surface area contributed by atoms with Crippen LogP contribution in [0, 0.1) is 0 Å². The molecule has 0 aliphatic carbocycles. The van der Waals surface area contributed by atoms with Gasteiger partial charge in [0.1, 0.15) is 0 Å². The summed E-state index contributed by atoms with van der Waals surface area (Å²) >= 11 is 3.06. The van der Waals surface area contributed by atoms with E-state index < -0.39 is 10.5 Å². The fourth-order valence-electron chi connectivity index (χ4n) is 1.25. The smallest absolute Gasteiger partial charge is 0.357 e. The lowest BCUT2D eigenvalue weighted by Gasteiger charge is -2.04. The van der Waals surface area contributed by atoms with Crippen molar-refractivity contribution >= 4 is 26.4 Å². The van der Waals surface area contributed by atoms with Gasteiger partial charge in [-0.25, -0.2) is 0 Å². The standard InChI is InChI=1S/C9H6BrFN2O3S/c10-7-2-1-6(8-3-4-12-13-8)5-9(7)16-17(11,14)15/h1-5H,(H,12,13). The number of H-pyrrole nitrogens is 1. The zero-order valence-corrected chi connectivity index (χ0v) is 10.6. The molecule has 0 atom stereocenters. The van der Waals surface area contributed by atoms with Crippen molar-refractivity contribution in [3.8, 4) is 17.0 Å². The lowest BCUT2D eigenvalue weighted by atomic mass is 10.1. The van der Waals surface area contributed by atoms with Crippen LogP contribution in [0.1, 0.15) is 0 Å². The molecule has 0 spiro atoms. The summed E-state index contributed by atoms with van der Waals surface area (Å²) in [5.74, 6) is -0.131. The van der Waals surface area contributed by atoms with Crippen molar-refractivity contribution in [2.75, 3.05) is 0 Å². The maximum Gasteiger partial charge on any atom is 0.488 e. The first-order valence-corrected chi connectivity index (χ1v) is 6.49. The maximum absolute atomic E-state index is 12.4. The van der Waals surface area contributed by atoms with Crippen LogP contribution < -0.4 is 4.18 Å². The summed E-state index contributed by atoms with van der Waals surface area (Å²) < 4.78 is 37.8. The first-order valence-electron chi connectivity index (χ1n) is 4.39. The molecule has 1 aromatic heterocycles. The van der Waals surface area contributed by atoms with Gasteiger partial charge >= 0.3 is 10.5 Å². The van der Waals surface area contributed by atoms with Crippen molar-refractivity contribution < 1.29 is 16.5 Å². The van der Waals surface area contributed by atoms with Gasteiger partial charge in [-0.3, -0.25) is 5.10 Å². The Morgan fingerprint density at radius 3 is 2.71 bits per heavy atom. The highest BCUT2D eigenvalue weighted by molar-refractivity contribution is 9.10. The zero-order valence-electron chi connectivity index (χ0n) is 8.22. The number of halogens is 2. The van der Waals surface area contributed by atoms with Gasteiger partial charge in [0.15, 0.2) is 5.75 Å². The third-order valence-corrected chi connectivity index (χ3v) is 2.95. The van der Waals surface area contributed by atoms with E-state index in [2.05, 4.69) is 30.3 Å². The molecule has 0 saturated carbocycles. The van der Waals surface area contributed by atoms with E-state index in [-0.39, 0.29) is 5.75 Å². The highest BCUT2D eigenvalue weighted by atomic mass is 79.9. The van der Waals surface area contributed by atoms with Crippen molar-refractivity contribution in [3.63, 3.8) is 0 Å². The Hall–Kier alpha value is -1.41. The highest BCUT2D eigenvalue weighted by Crippen LogP contribution is 2.31. The molecule has 17 heavy (non-hydrogen) atoms. The largest absolute Gasteiger partial charge is 0.488 e. The molecule has 0 fully saturated rings. The summed E-state index contributed by atoms with van der Waals surface area (Å²) in [5.41, 5.74) is 1.20. The van der Waals surface area contributed by atoms with Crippen molar-refractivity contribution in [1.82, 2.24) is 10.2 Å². The van der Waals surface area contributed by atoms with Crippen molar-refractivity contribution in [2.24, 2.45) is 0 Å². The van der Waals surface area contributed by atoms with E-state index in [4.69, 9.17) is 0 Å². The Kier molecular flexibility index (Phi) is 3.16. The molecule has 0 amide bonds. The normalized spacial score (nSPS) is 11.4. The predicted molar refractivity (Wildman–Crippen MR) is 62.4 cm³/mol. The minimum atomic E-state index is -5.04. The first kappa shape index (κ1) is 12.1. The van der Waals surface area contributed by atoms with Gasteiger partial charge in [0.2, 0.25) is 0 Å². The summed E-state index contributed by atoms with van der Waals surface area (Å²) in [7, 11) is -5.04. The molecule has 2 aromatic rings. The number of aromatic nitrogens is 2.